The monoisotopic (exact) mass is 668 g/mol. The van der Waals surface area contributed by atoms with Crippen LogP contribution in [-0.4, -0.2) is 4.98 Å². The summed E-state index contributed by atoms with van der Waals surface area (Å²) in [6.07, 6.45) is 0. The van der Waals surface area contributed by atoms with Gasteiger partial charge in [-0.3, -0.25) is 0 Å². The van der Waals surface area contributed by atoms with Crippen LogP contribution in [0.2, 0.25) is 0 Å². The van der Waals surface area contributed by atoms with E-state index in [9.17, 15) is 0 Å². The van der Waals surface area contributed by atoms with Crippen LogP contribution in [0.3, 0.4) is 0 Å². The normalized spacial score (nSPS) is 13.1. The van der Waals surface area contributed by atoms with E-state index in [2.05, 4.69) is 193 Å². The lowest BCUT2D eigenvalue weighted by Gasteiger charge is -2.48. The highest BCUT2D eigenvalue weighted by Gasteiger charge is 2.51. The molecule has 0 unspecified atom stereocenters. The van der Waals surface area contributed by atoms with Crippen molar-refractivity contribution < 1.29 is 4.74 Å². The Morgan fingerprint density at radius 1 is 0.385 bits per heavy atom. The van der Waals surface area contributed by atoms with Gasteiger partial charge < -0.3 is 9.64 Å². The largest absolute Gasteiger partial charge is 0.457 e. The summed E-state index contributed by atoms with van der Waals surface area (Å²) in [5, 5.41) is 0. The number of fused-ring (bicyclic) bond motifs is 8. The third-order valence-electron chi connectivity index (χ3n) is 10.3. The van der Waals surface area contributed by atoms with E-state index in [1.54, 1.807) is 0 Å². The molecule has 52 heavy (non-hydrogen) atoms. The lowest BCUT2D eigenvalue weighted by Crippen LogP contribution is -2.39. The number of aromatic nitrogens is 1. The minimum Gasteiger partial charge on any atom is -0.457 e. The molecule has 0 aliphatic carbocycles. The summed E-state index contributed by atoms with van der Waals surface area (Å²) in [5.74, 6) is 1.69. The fraction of sp³-hybridized carbons (Fsp3) is 0.0408. The zero-order valence-corrected chi connectivity index (χ0v) is 27.8. The molecule has 3 heterocycles. The molecule has 0 fully saturated rings. The van der Waals surface area contributed by atoms with E-state index >= 15 is 0 Å². The van der Waals surface area contributed by atoms with Crippen molar-refractivity contribution in [2.75, 3.05) is 4.90 Å². The molecular formula is C49H36N2O. The number of rotatable bonds is 4. The molecule has 0 saturated heterocycles. The summed E-state index contributed by atoms with van der Waals surface area (Å²) < 4.78 is 6.90. The SMILES string of the molecule is C.c1ccc(-c2cc(-c3ccccc3)nc(-c3ccc4c(c3)Oc3ccccc3C43c4ccccc4N(c4ccccc4)c4ccccc43)c2)cc1. The van der Waals surface area contributed by atoms with Crippen molar-refractivity contribution in [3.05, 3.63) is 216 Å². The quantitative estimate of drug-likeness (QED) is 0.187. The van der Waals surface area contributed by atoms with E-state index < -0.39 is 5.41 Å². The fourth-order valence-corrected chi connectivity index (χ4v) is 8.12. The van der Waals surface area contributed by atoms with Crippen LogP contribution in [0.1, 0.15) is 29.7 Å². The maximum atomic E-state index is 6.90. The molecule has 0 N–H and O–H groups in total. The Balaban J connectivity index is 0.00000360. The third kappa shape index (κ3) is 4.78. The number of ether oxygens (including phenoxy) is 1. The average Bonchev–Trinajstić information content (AvgIpc) is 3.21. The van der Waals surface area contributed by atoms with Gasteiger partial charge in [0.05, 0.1) is 28.2 Å². The number of hydrogen-bond acceptors (Lipinski definition) is 3. The first-order chi connectivity index (χ1) is 25.3. The minimum absolute atomic E-state index is 0. The maximum absolute atomic E-state index is 6.90. The van der Waals surface area contributed by atoms with Crippen LogP contribution in [0.5, 0.6) is 11.5 Å². The summed E-state index contributed by atoms with van der Waals surface area (Å²) >= 11 is 0. The van der Waals surface area contributed by atoms with Crippen molar-refractivity contribution in [3.8, 4) is 45.1 Å². The van der Waals surface area contributed by atoms with Crippen molar-refractivity contribution in [2.45, 2.75) is 12.8 Å². The van der Waals surface area contributed by atoms with Crippen LogP contribution in [0.4, 0.5) is 17.1 Å². The summed E-state index contributed by atoms with van der Waals surface area (Å²) in [7, 11) is 0. The van der Waals surface area contributed by atoms with E-state index in [1.165, 1.54) is 11.1 Å². The number of nitrogens with zero attached hydrogens (tertiary/aromatic N) is 2. The van der Waals surface area contributed by atoms with Crippen LogP contribution < -0.4 is 9.64 Å². The van der Waals surface area contributed by atoms with Crippen molar-refractivity contribution >= 4 is 17.1 Å². The van der Waals surface area contributed by atoms with E-state index in [0.29, 0.717) is 0 Å². The average molecular weight is 669 g/mol. The molecule has 1 spiro atoms. The third-order valence-corrected chi connectivity index (χ3v) is 10.3. The van der Waals surface area contributed by atoms with Crippen molar-refractivity contribution in [1.82, 2.24) is 4.98 Å². The maximum Gasteiger partial charge on any atom is 0.132 e. The molecule has 248 valence electrons. The Morgan fingerprint density at radius 3 is 1.54 bits per heavy atom. The summed E-state index contributed by atoms with van der Waals surface area (Å²) in [6, 6.07) is 68.8. The molecule has 3 heteroatoms. The van der Waals surface area contributed by atoms with Crippen molar-refractivity contribution in [3.63, 3.8) is 0 Å². The Bertz CT molecular complexity index is 2460. The first-order valence-electron chi connectivity index (χ1n) is 17.4. The molecule has 7 aromatic carbocycles. The molecule has 8 aromatic rings. The van der Waals surface area contributed by atoms with Gasteiger partial charge in [-0.15, -0.1) is 0 Å². The second kappa shape index (κ2) is 12.6. The van der Waals surface area contributed by atoms with Gasteiger partial charge in [-0.2, -0.15) is 0 Å². The Hall–Kier alpha value is -6.71. The smallest absolute Gasteiger partial charge is 0.132 e. The van der Waals surface area contributed by atoms with Gasteiger partial charge in [0.2, 0.25) is 0 Å². The second-order valence-electron chi connectivity index (χ2n) is 13.1. The molecule has 2 aliphatic rings. The summed E-state index contributed by atoms with van der Waals surface area (Å²) in [4.78, 5) is 7.64. The highest BCUT2D eigenvalue weighted by molar-refractivity contribution is 5.91. The molecule has 1 aromatic heterocycles. The van der Waals surface area contributed by atoms with Crippen LogP contribution in [-0.2, 0) is 5.41 Å². The Labute approximate surface area is 305 Å². The molecule has 10 rings (SSSR count). The summed E-state index contributed by atoms with van der Waals surface area (Å²) in [6.45, 7) is 0. The number of anilines is 3. The molecule has 2 aliphatic heterocycles. The lowest BCUT2D eigenvalue weighted by molar-refractivity contribution is 0.434. The van der Waals surface area contributed by atoms with E-state index in [4.69, 9.17) is 9.72 Å². The van der Waals surface area contributed by atoms with Gasteiger partial charge in [0, 0.05) is 27.9 Å². The molecular weight excluding hydrogens is 633 g/mol. The molecule has 0 atom stereocenters. The van der Waals surface area contributed by atoms with Crippen molar-refractivity contribution in [2.24, 2.45) is 0 Å². The number of hydrogen-bond donors (Lipinski definition) is 0. The number of pyridine rings is 1. The van der Waals surface area contributed by atoms with Gasteiger partial charge in [0.1, 0.15) is 11.5 Å². The van der Waals surface area contributed by atoms with E-state index in [1.807, 2.05) is 6.07 Å². The summed E-state index contributed by atoms with van der Waals surface area (Å²) in [5.41, 5.74) is 13.7. The number of para-hydroxylation sites is 4. The number of benzene rings is 7. The van der Waals surface area contributed by atoms with E-state index in [0.717, 1.165) is 73.3 Å². The second-order valence-corrected chi connectivity index (χ2v) is 13.1. The van der Waals surface area contributed by atoms with Gasteiger partial charge in [0.15, 0.2) is 0 Å². The zero-order valence-electron chi connectivity index (χ0n) is 27.8. The Morgan fingerprint density at radius 2 is 0.885 bits per heavy atom. The first-order valence-corrected chi connectivity index (χ1v) is 17.4. The van der Waals surface area contributed by atoms with Crippen LogP contribution in [0.15, 0.2) is 194 Å². The van der Waals surface area contributed by atoms with Crippen molar-refractivity contribution in [1.29, 1.82) is 0 Å². The van der Waals surface area contributed by atoms with E-state index in [-0.39, 0.29) is 7.43 Å². The van der Waals surface area contributed by atoms with Gasteiger partial charge in [-0.1, -0.05) is 153 Å². The van der Waals surface area contributed by atoms with Crippen LogP contribution in [0.25, 0.3) is 33.6 Å². The predicted octanol–water partition coefficient (Wildman–Crippen LogP) is 13.0. The van der Waals surface area contributed by atoms with Crippen LogP contribution in [0, 0.1) is 0 Å². The highest BCUT2D eigenvalue weighted by atomic mass is 16.5. The van der Waals surface area contributed by atoms with Gasteiger partial charge >= 0.3 is 0 Å². The highest BCUT2D eigenvalue weighted by Crippen LogP contribution is 2.62. The molecule has 0 radical (unpaired) electrons. The minimum atomic E-state index is -0.615. The van der Waals surface area contributed by atoms with Gasteiger partial charge in [-0.05, 0) is 70.8 Å². The van der Waals surface area contributed by atoms with Gasteiger partial charge in [-0.25, -0.2) is 4.98 Å². The topological polar surface area (TPSA) is 25.4 Å². The fourth-order valence-electron chi connectivity index (χ4n) is 8.12. The standard InChI is InChI=1S/C48H32N2O.CH4/c1-4-16-33(17-5-1)36-30-42(34-18-6-2-7-19-34)49-43(31-36)35-28-29-41-47(32-35)51-46-27-15-12-24-40(46)48(41)38-22-10-13-25-44(38)50(37-20-8-3-9-21-37)45-26-14-11-23-39(45)48;/h1-32H;1H4. The molecule has 0 amide bonds. The lowest BCUT2D eigenvalue weighted by atomic mass is 9.61. The molecule has 0 bridgehead atoms. The zero-order chi connectivity index (χ0) is 33.8. The van der Waals surface area contributed by atoms with Gasteiger partial charge in [0.25, 0.3) is 0 Å². The first kappa shape index (κ1) is 31.3. The Kier molecular flexibility index (Phi) is 7.56. The molecule has 0 saturated carbocycles. The predicted molar refractivity (Wildman–Crippen MR) is 214 cm³/mol. The van der Waals surface area contributed by atoms with Crippen LogP contribution >= 0.6 is 0 Å². The molecule has 3 nitrogen and oxygen atoms in total.